The average Bonchev–Trinajstić information content (AvgIpc) is 2.06. The second kappa shape index (κ2) is 5.32. The minimum Gasteiger partial charge on any atom is -0.483 e. The van der Waals surface area contributed by atoms with Crippen LogP contribution in [0.15, 0.2) is 30.3 Å². The zero-order chi connectivity index (χ0) is 10.3. The smallest absolute Gasteiger partial charge is 0.290 e. The third-order valence-corrected chi connectivity index (χ3v) is 1.53. The number of rotatable bonds is 1. The molecule has 0 spiro atoms. The van der Waals surface area contributed by atoms with Crippen molar-refractivity contribution in [2.75, 3.05) is 21.1 Å². The van der Waals surface area contributed by atoms with Gasteiger partial charge in [0.05, 0.1) is 21.1 Å². The molecule has 0 aliphatic heterocycles. The van der Waals surface area contributed by atoms with Gasteiger partial charge in [-0.3, -0.25) is 9.28 Å². The van der Waals surface area contributed by atoms with E-state index in [9.17, 15) is 0 Å². The summed E-state index contributed by atoms with van der Waals surface area (Å²) in [5, 5.41) is 6.89. The van der Waals surface area contributed by atoms with Crippen molar-refractivity contribution < 1.29 is 9.90 Å². The Balaban J connectivity index is 0.000000424. The lowest BCUT2D eigenvalue weighted by Crippen LogP contribution is -2.34. The Kier molecular flexibility index (Phi) is 4.77. The molecule has 1 N–H and O–H groups in total. The first-order valence-electron chi connectivity index (χ1n) is 3.97. The molecule has 0 aliphatic carbocycles. The van der Waals surface area contributed by atoms with E-state index in [0.29, 0.717) is 0 Å². The predicted molar refractivity (Wildman–Crippen MR) is 54.7 cm³/mol. The Hall–Kier alpha value is -1.35. The Morgan fingerprint density at radius 1 is 1.15 bits per heavy atom. The summed E-state index contributed by atoms with van der Waals surface area (Å²) in [4.78, 5) is 8.36. The number of carboxylic acid groups (broad SMARTS) is 1. The number of hydrogen-bond acceptors (Lipinski definition) is 1. The van der Waals surface area contributed by atoms with Crippen molar-refractivity contribution in [3.8, 4) is 0 Å². The number of benzene rings is 1. The summed E-state index contributed by atoms with van der Waals surface area (Å²) in [5.74, 6) is 0. The minimum atomic E-state index is -0.250. The Labute approximate surface area is 78.8 Å². The normalized spacial score (nSPS) is 9.77. The van der Waals surface area contributed by atoms with Crippen LogP contribution in [-0.4, -0.2) is 32.7 Å². The van der Waals surface area contributed by atoms with Crippen LogP contribution in [0, 0.1) is 0 Å². The van der Waals surface area contributed by atoms with E-state index in [2.05, 4.69) is 45.4 Å². The van der Waals surface area contributed by atoms with Crippen LogP contribution in [-0.2, 0) is 4.79 Å². The molecule has 1 aromatic rings. The number of nitrogens with zero attached hydrogens (tertiary/aromatic N) is 1. The molecule has 0 fully saturated rings. The first-order valence-corrected chi connectivity index (χ1v) is 3.97. The van der Waals surface area contributed by atoms with Gasteiger partial charge < -0.3 is 5.11 Å². The van der Waals surface area contributed by atoms with Gasteiger partial charge in [0.25, 0.3) is 6.47 Å². The molecule has 0 radical (unpaired) electrons. The molecular formula is C10H16NO2+. The standard InChI is InChI=1S/C9H14N.CH2O2/c1-10(2,3)9-7-5-4-6-8-9;2-1-3/h4-8H,1-3H3;1H,(H,2,3)/q+1;. The quantitative estimate of drug-likeness (QED) is 0.529. The molecule has 72 valence electrons. The van der Waals surface area contributed by atoms with Crippen molar-refractivity contribution >= 4 is 12.2 Å². The van der Waals surface area contributed by atoms with Gasteiger partial charge in [0.1, 0.15) is 5.69 Å². The SMILES string of the molecule is C[N+](C)(C)c1ccccc1.O=CO. The number of hydrogen-bond donors (Lipinski definition) is 1. The summed E-state index contributed by atoms with van der Waals surface area (Å²) < 4.78 is 0.890. The van der Waals surface area contributed by atoms with Gasteiger partial charge in [-0.2, -0.15) is 0 Å². The fourth-order valence-corrected chi connectivity index (χ4v) is 0.875. The fraction of sp³-hybridized carbons (Fsp3) is 0.300. The van der Waals surface area contributed by atoms with Crippen molar-refractivity contribution in [1.82, 2.24) is 4.48 Å². The third-order valence-electron chi connectivity index (χ3n) is 1.53. The highest BCUT2D eigenvalue weighted by Crippen LogP contribution is 2.14. The zero-order valence-electron chi connectivity index (χ0n) is 8.27. The van der Waals surface area contributed by atoms with Crippen LogP contribution in [0.1, 0.15) is 0 Å². The summed E-state index contributed by atoms with van der Waals surface area (Å²) in [7, 11) is 6.49. The lowest BCUT2D eigenvalue weighted by molar-refractivity contribution is -0.122. The first-order chi connectivity index (χ1) is 6.02. The van der Waals surface area contributed by atoms with Gasteiger partial charge in [0.2, 0.25) is 0 Å². The monoisotopic (exact) mass is 182 g/mol. The highest BCUT2D eigenvalue weighted by atomic mass is 16.3. The van der Waals surface area contributed by atoms with E-state index in [1.54, 1.807) is 0 Å². The predicted octanol–water partition coefficient (Wildman–Crippen LogP) is 1.58. The van der Waals surface area contributed by atoms with Gasteiger partial charge in [-0.25, -0.2) is 0 Å². The van der Waals surface area contributed by atoms with E-state index in [4.69, 9.17) is 9.90 Å². The number of quaternary nitrogens is 1. The molecule has 1 aromatic carbocycles. The first kappa shape index (κ1) is 11.6. The molecule has 0 aromatic heterocycles. The minimum absolute atomic E-state index is 0.250. The van der Waals surface area contributed by atoms with Crippen LogP contribution >= 0.6 is 0 Å². The second-order valence-electron chi connectivity index (χ2n) is 3.45. The summed E-state index contributed by atoms with van der Waals surface area (Å²) in [6.45, 7) is -0.250. The molecule has 13 heavy (non-hydrogen) atoms. The van der Waals surface area contributed by atoms with Crippen LogP contribution in [0.4, 0.5) is 5.69 Å². The maximum atomic E-state index is 8.36. The van der Waals surface area contributed by atoms with Gasteiger partial charge in [-0.1, -0.05) is 18.2 Å². The molecule has 0 bridgehead atoms. The van der Waals surface area contributed by atoms with Crippen molar-refractivity contribution in [3.05, 3.63) is 30.3 Å². The molecule has 0 unspecified atom stereocenters. The highest BCUT2D eigenvalue weighted by Gasteiger charge is 2.08. The Morgan fingerprint density at radius 3 is 1.77 bits per heavy atom. The Bertz CT molecular complexity index is 239. The summed E-state index contributed by atoms with van der Waals surface area (Å²) in [6, 6.07) is 10.5. The van der Waals surface area contributed by atoms with Crippen LogP contribution in [0.2, 0.25) is 0 Å². The molecule has 3 heteroatoms. The molecule has 0 saturated heterocycles. The fourth-order valence-electron chi connectivity index (χ4n) is 0.875. The van der Waals surface area contributed by atoms with Crippen LogP contribution < -0.4 is 4.48 Å². The van der Waals surface area contributed by atoms with Gasteiger partial charge >= 0.3 is 0 Å². The molecule has 1 rings (SSSR count). The molecule has 3 nitrogen and oxygen atoms in total. The van der Waals surface area contributed by atoms with Gasteiger partial charge in [0.15, 0.2) is 0 Å². The van der Waals surface area contributed by atoms with Crippen molar-refractivity contribution in [3.63, 3.8) is 0 Å². The van der Waals surface area contributed by atoms with Gasteiger partial charge in [-0.05, 0) is 12.1 Å². The van der Waals surface area contributed by atoms with Crippen molar-refractivity contribution in [1.29, 1.82) is 0 Å². The summed E-state index contributed by atoms with van der Waals surface area (Å²) >= 11 is 0. The maximum absolute atomic E-state index is 8.36. The van der Waals surface area contributed by atoms with Gasteiger partial charge in [-0.15, -0.1) is 0 Å². The van der Waals surface area contributed by atoms with Crippen molar-refractivity contribution in [2.45, 2.75) is 0 Å². The van der Waals surface area contributed by atoms with E-state index >= 15 is 0 Å². The lowest BCUT2D eigenvalue weighted by atomic mass is 10.3. The Morgan fingerprint density at radius 2 is 1.54 bits per heavy atom. The second-order valence-corrected chi connectivity index (χ2v) is 3.45. The molecule has 0 aliphatic rings. The molecule has 0 saturated carbocycles. The summed E-state index contributed by atoms with van der Waals surface area (Å²) in [6.07, 6.45) is 0. The largest absolute Gasteiger partial charge is 0.483 e. The van der Waals surface area contributed by atoms with Crippen LogP contribution in [0.5, 0.6) is 0 Å². The molecule has 0 amide bonds. The van der Waals surface area contributed by atoms with E-state index < -0.39 is 0 Å². The van der Waals surface area contributed by atoms with Gasteiger partial charge in [0, 0.05) is 0 Å². The summed E-state index contributed by atoms with van der Waals surface area (Å²) in [5.41, 5.74) is 1.34. The van der Waals surface area contributed by atoms with E-state index in [0.717, 1.165) is 4.48 Å². The van der Waals surface area contributed by atoms with Crippen LogP contribution in [0.25, 0.3) is 0 Å². The van der Waals surface area contributed by atoms with E-state index in [-0.39, 0.29) is 6.47 Å². The molecular weight excluding hydrogens is 166 g/mol. The van der Waals surface area contributed by atoms with E-state index in [1.807, 2.05) is 6.07 Å². The van der Waals surface area contributed by atoms with E-state index in [1.165, 1.54) is 5.69 Å². The van der Waals surface area contributed by atoms with Crippen LogP contribution in [0.3, 0.4) is 0 Å². The lowest BCUT2D eigenvalue weighted by Gasteiger charge is -2.22. The number of carbonyl (C=O) groups is 1. The van der Waals surface area contributed by atoms with Crippen molar-refractivity contribution in [2.24, 2.45) is 0 Å². The zero-order valence-corrected chi connectivity index (χ0v) is 8.27. The number of para-hydroxylation sites is 1. The topological polar surface area (TPSA) is 37.3 Å². The molecule has 0 atom stereocenters. The highest BCUT2D eigenvalue weighted by molar-refractivity contribution is 5.40. The average molecular weight is 182 g/mol. The molecule has 0 heterocycles. The maximum Gasteiger partial charge on any atom is 0.290 e. The third kappa shape index (κ3) is 4.98.